The van der Waals surface area contributed by atoms with Gasteiger partial charge in [0.25, 0.3) is 0 Å². The van der Waals surface area contributed by atoms with Gasteiger partial charge in [-0.15, -0.1) is 0 Å². The van der Waals surface area contributed by atoms with E-state index in [9.17, 15) is 0 Å². The molecule has 0 spiro atoms. The van der Waals surface area contributed by atoms with Gasteiger partial charge >= 0.3 is 0 Å². The zero-order valence-electron chi connectivity index (χ0n) is 11.2. The quantitative estimate of drug-likeness (QED) is 0.788. The molecule has 0 amide bonds. The topological polar surface area (TPSA) is 26.0 Å². The van der Waals surface area contributed by atoms with Gasteiger partial charge in [0.05, 0.1) is 6.04 Å². The van der Waals surface area contributed by atoms with Crippen LogP contribution >= 0.6 is 0 Å². The first-order chi connectivity index (χ1) is 8.21. The zero-order valence-corrected chi connectivity index (χ0v) is 11.2. The smallest absolute Gasteiger partial charge is 0.0668 e. The Morgan fingerprint density at radius 3 is 2.41 bits per heavy atom. The van der Waals surface area contributed by atoms with Crippen LogP contribution in [-0.2, 0) is 12.8 Å². The summed E-state index contributed by atoms with van der Waals surface area (Å²) in [6, 6.07) is 6.50. The summed E-state index contributed by atoms with van der Waals surface area (Å²) in [6.45, 7) is 6.51. The first-order valence-corrected chi connectivity index (χ1v) is 6.60. The third-order valence-electron chi connectivity index (χ3n) is 2.97. The predicted molar refractivity (Wildman–Crippen MR) is 75.0 cm³/mol. The molecule has 0 bridgehead atoms. The summed E-state index contributed by atoms with van der Waals surface area (Å²) >= 11 is 0. The molecule has 1 unspecified atom stereocenters. The van der Waals surface area contributed by atoms with Gasteiger partial charge in [0, 0.05) is 5.56 Å². The minimum atomic E-state index is 0.0101. The lowest BCUT2D eigenvalue weighted by Gasteiger charge is -2.05. The van der Waals surface area contributed by atoms with Gasteiger partial charge in [0.15, 0.2) is 0 Å². The minimum absolute atomic E-state index is 0.0101. The van der Waals surface area contributed by atoms with Crippen molar-refractivity contribution in [3.8, 4) is 11.8 Å². The second-order valence-corrected chi connectivity index (χ2v) is 4.36. The Labute approximate surface area is 105 Å². The Kier molecular flexibility index (Phi) is 5.80. The van der Waals surface area contributed by atoms with Crippen molar-refractivity contribution in [3.05, 3.63) is 34.9 Å². The van der Waals surface area contributed by atoms with E-state index in [0.717, 1.165) is 31.2 Å². The lowest BCUT2D eigenvalue weighted by Crippen LogP contribution is -2.16. The molecule has 1 heteroatoms. The van der Waals surface area contributed by atoms with E-state index in [1.165, 1.54) is 11.1 Å². The number of hydrogen-bond donors (Lipinski definition) is 1. The van der Waals surface area contributed by atoms with Gasteiger partial charge in [-0.3, -0.25) is 0 Å². The van der Waals surface area contributed by atoms with Crippen LogP contribution in [0.15, 0.2) is 18.2 Å². The molecule has 0 saturated heterocycles. The second kappa shape index (κ2) is 7.14. The fourth-order valence-electron chi connectivity index (χ4n) is 1.94. The molecule has 0 saturated carbocycles. The molecule has 1 atom stereocenters. The van der Waals surface area contributed by atoms with Crippen molar-refractivity contribution >= 4 is 0 Å². The molecule has 0 aliphatic rings. The molecule has 0 aliphatic carbocycles. The summed E-state index contributed by atoms with van der Waals surface area (Å²) in [7, 11) is 0. The van der Waals surface area contributed by atoms with E-state index in [4.69, 9.17) is 5.73 Å². The highest BCUT2D eigenvalue weighted by atomic mass is 14.6. The molecule has 0 fully saturated rings. The Morgan fingerprint density at radius 1 is 1.12 bits per heavy atom. The van der Waals surface area contributed by atoms with Crippen LogP contribution in [0.2, 0.25) is 0 Å². The van der Waals surface area contributed by atoms with E-state index in [-0.39, 0.29) is 6.04 Å². The van der Waals surface area contributed by atoms with Gasteiger partial charge < -0.3 is 5.73 Å². The lowest BCUT2D eigenvalue weighted by molar-refractivity contribution is 0.720. The third kappa shape index (κ3) is 4.24. The van der Waals surface area contributed by atoms with Crippen LogP contribution in [0.3, 0.4) is 0 Å². The predicted octanol–water partition coefficient (Wildman–Crippen LogP) is 3.29. The average molecular weight is 229 g/mol. The molecule has 0 aromatic heterocycles. The van der Waals surface area contributed by atoms with E-state index in [1.54, 1.807) is 0 Å². The van der Waals surface area contributed by atoms with E-state index in [2.05, 4.69) is 50.8 Å². The van der Waals surface area contributed by atoms with Gasteiger partial charge in [-0.1, -0.05) is 45.1 Å². The fourth-order valence-corrected chi connectivity index (χ4v) is 1.94. The van der Waals surface area contributed by atoms with Crippen molar-refractivity contribution in [3.63, 3.8) is 0 Å². The number of benzene rings is 1. The molecule has 1 rings (SSSR count). The fraction of sp³-hybridized carbons (Fsp3) is 0.500. The van der Waals surface area contributed by atoms with E-state index >= 15 is 0 Å². The maximum absolute atomic E-state index is 5.89. The Morgan fingerprint density at radius 2 is 1.82 bits per heavy atom. The van der Waals surface area contributed by atoms with E-state index in [0.29, 0.717) is 0 Å². The largest absolute Gasteiger partial charge is 0.318 e. The van der Waals surface area contributed by atoms with Crippen LogP contribution < -0.4 is 5.73 Å². The summed E-state index contributed by atoms with van der Waals surface area (Å²) < 4.78 is 0. The molecule has 0 aliphatic heterocycles. The summed E-state index contributed by atoms with van der Waals surface area (Å²) in [4.78, 5) is 0. The summed E-state index contributed by atoms with van der Waals surface area (Å²) in [5.41, 5.74) is 9.81. The molecule has 92 valence electrons. The number of nitrogens with two attached hydrogens (primary N) is 1. The monoisotopic (exact) mass is 229 g/mol. The second-order valence-electron chi connectivity index (χ2n) is 4.36. The summed E-state index contributed by atoms with van der Waals surface area (Å²) in [6.07, 6.45) is 4.22. The number of hydrogen-bond acceptors (Lipinski definition) is 1. The van der Waals surface area contributed by atoms with Gasteiger partial charge in [0.1, 0.15) is 0 Å². The SMILES string of the molecule is CCCC(N)C#Cc1ccc(CC)c(CC)c1. The zero-order chi connectivity index (χ0) is 12.7. The van der Waals surface area contributed by atoms with Crippen LogP contribution in [0, 0.1) is 11.8 Å². The van der Waals surface area contributed by atoms with Crippen molar-refractivity contribution in [2.45, 2.75) is 52.5 Å². The molecule has 1 aromatic rings. The molecule has 1 nitrogen and oxygen atoms in total. The van der Waals surface area contributed by atoms with Crippen molar-refractivity contribution in [2.24, 2.45) is 5.73 Å². The van der Waals surface area contributed by atoms with Crippen LogP contribution in [-0.4, -0.2) is 6.04 Å². The minimum Gasteiger partial charge on any atom is -0.318 e. The first-order valence-electron chi connectivity index (χ1n) is 6.60. The molecular weight excluding hydrogens is 206 g/mol. The molecule has 0 radical (unpaired) electrons. The maximum atomic E-state index is 5.89. The van der Waals surface area contributed by atoms with Crippen LogP contribution in [0.4, 0.5) is 0 Å². The van der Waals surface area contributed by atoms with E-state index < -0.39 is 0 Å². The molecular formula is C16H23N. The lowest BCUT2D eigenvalue weighted by atomic mass is 10.00. The highest BCUT2D eigenvalue weighted by Crippen LogP contribution is 2.13. The highest BCUT2D eigenvalue weighted by Gasteiger charge is 1.99. The molecule has 17 heavy (non-hydrogen) atoms. The molecule has 2 N–H and O–H groups in total. The van der Waals surface area contributed by atoms with Gasteiger partial charge in [-0.2, -0.15) is 0 Å². The summed E-state index contributed by atoms with van der Waals surface area (Å²) in [5, 5.41) is 0. The van der Waals surface area contributed by atoms with Crippen LogP contribution in [0.5, 0.6) is 0 Å². The standard InChI is InChI=1S/C16H23N/c1-4-7-16(17)11-9-13-8-10-14(5-2)15(6-3)12-13/h8,10,12,16H,4-7,17H2,1-3H3. The van der Waals surface area contributed by atoms with Gasteiger partial charge in [0.2, 0.25) is 0 Å². The highest BCUT2D eigenvalue weighted by molar-refractivity contribution is 5.41. The van der Waals surface area contributed by atoms with Crippen molar-refractivity contribution in [1.82, 2.24) is 0 Å². The molecule has 1 aromatic carbocycles. The van der Waals surface area contributed by atoms with Crippen molar-refractivity contribution < 1.29 is 0 Å². The van der Waals surface area contributed by atoms with Gasteiger partial charge in [-0.05, 0) is 42.5 Å². The third-order valence-corrected chi connectivity index (χ3v) is 2.97. The van der Waals surface area contributed by atoms with Crippen molar-refractivity contribution in [2.75, 3.05) is 0 Å². The Hall–Kier alpha value is -1.26. The van der Waals surface area contributed by atoms with Gasteiger partial charge in [-0.25, -0.2) is 0 Å². The average Bonchev–Trinajstić information content (AvgIpc) is 2.36. The summed E-state index contributed by atoms with van der Waals surface area (Å²) in [5.74, 6) is 6.30. The van der Waals surface area contributed by atoms with E-state index in [1.807, 2.05) is 0 Å². The first kappa shape index (κ1) is 13.8. The normalized spacial score (nSPS) is 11.8. The molecule has 0 heterocycles. The number of aryl methyl sites for hydroxylation is 2. The van der Waals surface area contributed by atoms with Crippen LogP contribution in [0.1, 0.15) is 50.3 Å². The maximum Gasteiger partial charge on any atom is 0.0668 e. The van der Waals surface area contributed by atoms with Crippen LogP contribution in [0.25, 0.3) is 0 Å². The Bertz CT molecular complexity index is 409. The number of rotatable bonds is 4. The van der Waals surface area contributed by atoms with Crippen molar-refractivity contribution in [1.29, 1.82) is 0 Å². The Balaban J connectivity index is 2.85.